The largest absolute Gasteiger partial charge is 0.376 e. The van der Waals surface area contributed by atoms with E-state index in [-0.39, 0.29) is 18.1 Å². The smallest absolute Gasteiger partial charge is 0.255 e. The Kier molecular flexibility index (Phi) is 5.17. The Morgan fingerprint density at radius 1 is 1.23 bits per heavy atom. The molecule has 2 aromatic rings. The second-order valence-electron chi connectivity index (χ2n) is 6.82. The highest BCUT2D eigenvalue weighted by Gasteiger charge is 2.43. The number of carbonyl (C=O) groups is 1. The van der Waals surface area contributed by atoms with Crippen LogP contribution in [0.15, 0.2) is 43.0 Å². The second kappa shape index (κ2) is 7.88. The lowest BCUT2D eigenvalue weighted by Crippen LogP contribution is -2.51. The van der Waals surface area contributed by atoms with Crippen molar-refractivity contribution in [1.29, 1.82) is 0 Å². The number of aromatic nitrogens is 3. The van der Waals surface area contributed by atoms with Gasteiger partial charge >= 0.3 is 0 Å². The van der Waals surface area contributed by atoms with Crippen molar-refractivity contribution in [1.82, 2.24) is 20.1 Å². The first kappa shape index (κ1) is 17.1. The van der Waals surface area contributed by atoms with Crippen LogP contribution in [0.1, 0.15) is 28.8 Å². The van der Waals surface area contributed by atoms with Crippen LogP contribution >= 0.6 is 0 Å². The summed E-state index contributed by atoms with van der Waals surface area (Å²) in [6.45, 7) is 2.43. The molecule has 26 heavy (non-hydrogen) atoms. The maximum Gasteiger partial charge on any atom is 0.255 e. The number of carbonyl (C=O) groups excluding carboxylic acids is 1. The molecule has 1 saturated heterocycles. The van der Waals surface area contributed by atoms with Gasteiger partial charge in [0.2, 0.25) is 0 Å². The molecular weight excluding hydrogens is 332 g/mol. The van der Waals surface area contributed by atoms with Crippen LogP contribution in [0.4, 0.5) is 0 Å². The summed E-state index contributed by atoms with van der Waals surface area (Å²) in [6, 6.07) is 5.74. The summed E-state index contributed by atoms with van der Waals surface area (Å²) >= 11 is 0. The van der Waals surface area contributed by atoms with Crippen LogP contribution in [0.2, 0.25) is 0 Å². The van der Waals surface area contributed by atoms with Crippen molar-refractivity contribution in [3.8, 4) is 0 Å². The molecule has 1 aliphatic carbocycles. The van der Waals surface area contributed by atoms with E-state index >= 15 is 0 Å². The normalized spacial score (nSPS) is 25.1. The van der Waals surface area contributed by atoms with Crippen molar-refractivity contribution in [2.45, 2.75) is 31.6 Å². The average Bonchev–Trinajstić information content (AvgIpc) is 3.12. The summed E-state index contributed by atoms with van der Waals surface area (Å²) in [5.41, 5.74) is 1.65. The van der Waals surface area contributed by atoms with Crippen LogP contribution in [-0.2, 0) is 16.1 Å². The van der Waals surface area contributed by atoms with E-state index in [4.69, 9.17) is 9.47 Å². The van der Waals surface area contributed by atoms with E-state index in [1.165, 1.54) is 6.20 Å². The Labute approximate surface area is 152 Å². The Morgan fingerprint density at radius 2 is 2.19 bits per heavy atom. The summed E-state index contributed by atoms with van der Waals surface area (Å²) in [7, 11) is 0. The molecule has 2 aromatic heterocycles. The van der Waals surface area contributed by atoms with Crippen LogP contribution in [0.25, 0.3) is 0 Å². The monoisotopic (exact) mass is 354 g/mol. The summed E-state index contributed by atoms with van der Waals surface area (Å²) in [4.78, 5) is 18.8. The first-order chi connectivity index (χ1) is 12.8. The van der Waals surface area contributed by atoms with Gasteiger partial charge in [0.25, 0.3) is 5.91 Å². The average molecular weight is 354 g/mol. The van der Waals surface area contributed by atoms with Gasteiger partial charge in [0.1, 0.15) is 0 Å². The van der Waals surface area contributed by atoms with Crippen molar-refractivity contribution in [2.75, 3.05) is 19.8 Å². The first-order valence-electron chi connectivity index (χ1n) is 8.97. The summed E-state index contributed by atoms with van der Waals surface area (Å²) < 4.78 is 11.8. The topological polar surface area (TPSA) is 77.4 Å². The van der Waals surface area contributed by atoms with Crippen LogP contribution in [-0.4, -0.2) is 57.9 Å². The molecule has 2 fully saturated rings. The van der Waals surface area contributed by atoms with E-state index in [1.807, 2.05) is 23.2 Å². The Hall–Kier alpha value is -2.38. The van der Waals surface area contributed by atoms with Gasteiger partial charge in [-0.05, 0) is 36.5 Å². The quantitative estimate of drug-likeness (QED) is 0.813. The number of pyridine rings is 1. The first-order valence-corrected chi connectivity index (χ1v) is 8.97. The van der Waals surface area contributed by atoms with Gasteiger partial charge in [-0.25, -0.2) is 0 Å². The molecule has 3 unspecified atom stereocenters. The Balaban J connectivity index is 1.35. The van der Waals surface area contributed by atoms with Crippen LogP contribution < -0.4 is 0 Å². The lowest BCUT2D eigenvalue weighted by atomic mass is 10.1. The molecule has 0 radical (unpaired) electrons. The number of rotatable bonds is 5. The van der Waals surface area contributed by atoms with Crippen molar-refractivity contribution in [3.05, 3.63) is 54.1 Å². The minimum absolute atomic E-state index is 0.00938. The van der Waals surface area contributed by atoms with Crippen molar-refractivity contribution in [2.24, 2.45) is 5.92 Å². The predicted molar refractivity (Wildman–Crippen MR) is 93.2 cm³/mol. The van der Waals surface area contributed by atoms with Gasteiger partial charge in [0.05, 0.1) is 49.9 Å². The Bertz CT molecular complexity index is 728. The number of hydrogen-bond donors (Lipinski definition) is 0. The molecule has 0 N–H and O–H groups in total. The number of nitrogens with zero attached hydrogens (tertiary/aromatic N) is 4. The number of morpholine rings is 1. The zero-order valence-corrected chi connectivity index (χ0v) is 14.5. The summed E-state index contributed by atoms with van der Waals surface area (Å²) in [5, 5.41) is 7.56. The minimum Gasteiger partial charge on any atom is -0.376 e. The third-order valence-electron chi connectivity index (χ3n) is 5.07. The van der Waals surface area contributed by atoms with E-state index in [0.717, 1.165) is 18.4 Å². The maximum absolute atomic E-state index is 12.8. The van der Waals surface area contributed by atoms with Crippen molar-refractivity contribution < 1.29 is 14.3 Å². The predicted octanol–water partition coefficient (Wildman–Crippen LogP) is 1.71. The molecule has 2 aliphatic rings. The van der Waals surface area contributed by atoms with Crippen LogP contribution in [0.3, 0.4) is 0 Å². The highest BCUT2D eigenvalue weighted by atomic mass is 16.5. The molecule has 0 aromatic carbocycles. The van der Waals surface area contributed by atoms with E-state index in [2.05, 4.69) is 15.2 Å². The SMILES string of the molecule is O=C(c1ccnnc1)N1CCOC2CC(COCc3cccnc3)CC21. The molecule has 0 spiro atoms. The van der Waals surface area contributed by atoms with E-state index in [9.17, 15) is 4.79 Å². The number of amides is 1. The molecule has 1 amide bonds. The van der Waals surface area contributed by atoms with Gasteiger partial charge in [-0.2, -0.15) is 10.2 Å². The fraction of sp³-hybridized carbons (Fsp3) is 0.474. The van der Waals surface area contributed by atoms with Gasteiger partial charge in [-0.3, -0.25) is 9.78 Å². The number of hydrogen-bond acceptors (Lipinski definition) is 6. The van der Waals surface area contributed by atoms with E-state index < -0.39 is 0 Å². The standard InChI is InChI=1S/C19H22N4O3/c24-19(16-3-5-21-22-11-16)23-6-7-26-18-9-15(8-17(18)23)13-25-12-14-2-1-4-20-10-14/h1-5,10-11,15,17-18H,6-9,12-13H2. The molecule has 1 aliphatic heterocycles. The van der Waals surface area contributed by atoms with E-state index in [1.54, 1.807) is 18.5 Å². The van der Waals surface area contributed by atoms with Crippen molar-refractivity contribution in [3.63, 3.8) is 0 Å². The van der Waals surface area contributed by atoms with Gasteiger partial charge in [0.15, 0.2) is 0 Å². The molecule has 136 valence electrons. The Morgan fingerprint density at radius 3 is 3.00 bits per heavy atom. The highest BCUT2D eigenvalue weighted by Crippen LogP contribution is 2.35. The number of ether oxygens (including phenoxy) is 2. The highest BCUT2D eigenvalue weighted by molar-refractivity contribution is 5.94. The summed E-state index contributed by atoms with van der Waals surface area (Å²) in [5.74, 6) is 0.403. The molecular formula is C19H22N4O3. The van der Waals surface area contributed by atoms with Gasteiger partial charge in [0, 0.05) is 18.9 Å². The van der Waals surface area contributed by atoms with Crippen molar-refractivity contribution >= 4 is 5.91 Å². The van der Waals surface area contributed by atoms with Gasteiger partial charge in [-0.1, -0.05) is 6.07 Å². The summed E-state index contributed by atoms with van der Waals surface area (Å²) in [6.07, 6.45) is 8.57. The molecule has 7 heteroatoms. The third kappa shape index (κ3) is 3.73. The molecule has 0 bridgehead atoms. The fourth-order valence-corrected chi connectivity index (χ4v) is 3.85. The van der Waals surface area contributed by atoms with Gasteiger partial charge < -0.3 is 14.4 Å². The molecule has 3 heterocycles. The van der Waals surface area contributed by atoms with Crippen LogP contribution in [0.5, 0.6) is 0 Å². The lowest BCUT2D eigenvalue weighted by molar-refractivity contribution is -0.0450. The second-order valence-corrected chi connectivity index (χ2v) is 6.82. The minimum atomic E-state index is 0.00938. The maximum atomic E-state index is 12.8. The fourth-order valence-electron chi connectivity index (χ4n) is 3.85. The molecule has 7 nitrogen and oxygen atoms in total. The lowest BCUT2D eigenvalue weighted by Gasteiger charge is -2.37. The molecule has 3 atom stereocenters. The van der Waals surface area contributed by atoms with E-state index in [0.29, 0.717) is 37.8 Å². The molecule has 1 saturated carbocycles. The van der Waals surface area contributed by atoms with Crippen LogP contribution in [0, 0.1) is 5.92 Å². The third-order valence-corrected chi connectivity index (χ3v) is 5.07. The van der Waals surface area contributed by atoms with Gasteiger partial charge in [-0.15, -0.1) is 0 Å². The molecule has 4 rings (SSSR count). The zero-order chi connectivity index (χ0) is 17.8. The zero-order valence-electron chi connectivity index (χ0n) is 14.5. The number of fused-ring (bicyclic) bond motifs is 1.